The minimum absolute atomic E-state index is 0.266. The number of carboxylic acid groups (broad SMARTS) is 1. The van der Waals surface area contributed by atoms with Crippen molar-refractivity contribution >= 4 is 33.4 Å². The monoisotopic (exact) mass is 694 g/mol. The van der Waals surface area contributed by atoms with Gasteiger partial charge < -0.3 is 10.4 Å². The van der Waals surface area contributed by atoms with Crippen molar-refractivity contribution in [3.8, 4) is 11.3 Å². The molecule has 1 aliphatic carbocycles. The van der Waals surface area contributed by atoms with Crippen molar-refractivity contribution in [3.63, 3.8) is 0 Å². The average molecular weight is 695 g/mol. The fourth-order valence-electron chi connectivity index (χ4n) is 8.37. The predicted molar refractivity (Wildman–Crippen MR) is 180 cm³/mol. The molecular weight excluding hydrogens is 655 g/mol. The number of nitrogens with one attached hydrogen (secondary N) is 1. The maximum atomic E-state index is 14.4. The van der Waals surface area contributed by atoms with Gasteiger partial charge in [-0.1, -0.05) is 60.7 Å². The fraction of sp³-hybridized carbons (Fsp3) is 0.447. The molecule has 3 aromatic carbocycles. The van der Waals surface area contributed by atoms with Gasteiger partial charge in [0.25, 0.3) is 6.43 Å². The van der Waals surface area contributed by atoms with Gasteiger partial charge in [-0.25, -0.2) is 13.6 Å². The summed E-state index contributed by atoms with van der Waals surface area (Å²) in [5.74, 6) is -1.36. The molecule has 50 heavy (non-hydrogen) atoms. The van der Waals surface area contributed by atoms with E-state index < -0.39 is 55.3 Å². The maximum absolute atomic E-state index is 14.4. The van der Waals surface area contributed by atoms with Crippen LogP contribution in [0.1, 0.15) is 36.8 Å². The van der Waals surface area contributed by atoms with Crippen molar-refractivity contribution in [2.45, 2.75) is 57.3 Å². The third-order valence-corrected chi connectivity index (χ3v) is 11.0. The highest BCUT2D eigenvalue weighted by Crippen LogP contribution is 2.47. The molecule has 0 unspecified atom stereocenters. The Balaban J connectivity index is 1.16. The molecule has 8 rings (SSSR count). The highest BCUT2D eigenvalue weighted by atomic mass is 19.4. The minimum atomic E-state index is -5.00. The molecule has 0 spiro atoms. The molecule has 1 aromatic heterocycles. The molecule has 12 heteroatoms. The van der Waals surface area contributed by atoms with Crippen LogP contribution >= 0.6 is 0 Å². The number of carbonyl (C=O) groups excluding carboxylic acids is 1. The zero-order valence-corrected chi connectivity index (χ0v) is 27.4. The summed E-state index contributed by atoms with van der Waals surface area (Å²) in [5, 5.41) is 15.8. The van der Waals surface area contributed by atoms with Crippen LogP contribution in [0.25, 0.3) is 32.8 Å². The first-order chi connectivity index (χ1) is 23.9. The van der Waals surface area contributed by atoms with Gasteiger partial charge in [-0.2, -0.15) is 13.2 Å². The van der Waals surface area contributed by atoms with Crippen LogP contribution in [0.15, 0.2) is 66.9 Å². The number of pyridine rings is 1. The Morgan fingerprint density at radius 3 is 2.14 bits per heavy atom. The van der Waals surface area contributed by atoms with E-state index in [0.29, 0.717) is 10.9 Å². The SMILES string of the molecule is O=C(O)[C@H](Cc1cccc2c(-c3ncc(CN4CC5CC(C5)C4)c4ccccc34)cccc12)NC(=O)C1(C(F)(F)F)CCN(CC(F)F)CC1. The number of amides is 1. The summed E-state index contributed by atoms with van der Waals surface area (Å²) in [6, 6.07) is 17.5. The summed E-state index contributed by atoms with van der Waals surface area (Å²) in [4.78, 5) is 34.4. The number of alkyl halides is 5. The summed E-state index contributed by atoms with van der Waals surface area (Å²) >= 11 is 0. The molecule has 3 saturated heterocycles. The van der Waals surface area contributed by atoms with Crippen LogP contribution in [0.2, 0.25) is 0 Å². The Bertz CT molecular complexity index is 1890. The second-order valence-corrected chi connectivity index (χ2v) is 14.2. The first kappa shape index (κ1) is 34.3. The van der Waals surface area contributed by atoms with Crippen LogP contribution in [0.3, 0.4) is 0 Å². The Hall–Kier alpha value is -4.16. The molecule has 3 aliphatic heterocycles. The third kappa shape index (κ3) is 6.55. The van der Waals surface area contributed by atoms with E-state index in [1.54, 1.807) is 12.1 Å². The average Bonchev–Trinajstić information content (AvgIpc) is 3.07. The van der Waals surface area contributed by atoms with Gasteiger partial charge in [0.2, 0.25) is 5.91 Å². The molecule has 0 radical (unpaired) electrons. The number of carboxylic acids is 1. The molecule has 4 heterocycles. The number of carbonyl (C=O) groups is 2. The molecule has 1 amide bonds. The summed E-state index contributed by atoms with van der Waals surface area (Å²) < 4.78 is 69.0. The molecule has 7 nitrogen and oxygen atoms in total. The van der Waals surface area contributed by atoms with Gasteiger partial charge in [-0.15, -0.1) is 0 Å². The first-order valence-corrected chi connectivity index (χ1v) is 17.1. The molecule has 1 saturated carbocycles. The van der Waals surface area contributed by atoms with Gasteiger partial charge in [0.15, 0.2) is 0 Å². The lowest BCUT2D eigenvalue weighted by atomic mass is 9.71. The zero-order valence-electron chi connectivity index (χ0n) is 27.4. The smallest absolute Gasteiger partial charge is 0.403 e. The number of likely N-dealkylation sites (tertiary alicyclic amines) is 1. The number of hydrogen-bond donors (Lipinski definition) is 2. The maximum Gasteiger partial charge on any atom is 0.403 e. The molecule has 4 aromatic rings. The Morgan fingerprint density at radius 1 is 0.860 bits per heavy atom. The van der Waals surface area contributed by atoms with Crippen molar-refractivity contribution in [1.82, 2.24) is 20.1 Å². The Labute approximate surface area is 286 Å². The fourth-order valence-corrected chi connectivity index (χ4v) is 8.37. The van der Waals surface area contributed by atoms with E-state index in [0.717, 1.165) is 64.4 Å². The van der Waals surface area contributed by atoms with Gasteiger partial charge in [-0.05, 0) is 77.9 Å². The van der Waals surface area contributed by atoms with E-state index in [4.69, 9.17) is 4.98 Å². The standard InChI is InChI=1S/C38H39F5N4O3/c39-33(40)22-46-13-11-37(12-14-46,38(41,42)43)36(50)45-32(35(48)49)17-25-5-3-9-29-27(25)8-4-10-31(29)34-30-7-2-1-6-28(30)26(18-44-34)21-47-19-23-15-24(16-23)20-47/h1-10,18,23-24,32-33H,11-17,19-22H2,(H,45,50)(H,48,49)/t23?,24?,32-/m0/s1. The van der Waals surface area contributed by atoms with Gasteiger partial charge >= 0.3 is 12.1 Å². The second-order valence-electron chi connectivity index (χ2n) is 14.2. The van der Waals surface area contributed by atoms with Crippen molar-refractivity contribution in [2.24, 2.45) is 17.3 Å². The van der Waals surface area contributed by atoms with Crippen molar-refractivity contribution < 1.29 is 36.6 Å². The van der Waals surface area contributed by atoms with Crippen LogP contribution in [0.4, 0.5) is 22.0 Å². The molecule has 1 atom stereocenters. The van der Waals surface area contributed by atoms with Gasteiger partial charge in [-0.3, -0.25) is 19.6 Å². The molecular formula is C38H39F5N4O3. The summed E-state index contributed by atoms with van der Waals surface area (Å²) in [7, 11) is 0. The Morgan fingerprint density at radius 2 is 1.48 bits per heavy atom. The molecule has 264 valence electrons. The number of nitrogens with zero attached hydrogens (tertiary/aromatic N) is 3. The number of fused-ring (bicyclic) bond motifs is 4. The molecule has 2 bridgehead atoms. The van der Waals surface area contributed by atoms with Crippen LogP contribution in [0, 0.1) is 17.3 Å². The van der Waals surface area contributed by atoms with Crippen molar-refractivity contribution in [3.05, 3.63) is 78.0 Å². The topological polar surface area (TPSA) is 85.8 Å². The van der Waals surface area contributed by atoms with Crippen LogP contribution < -0.4 is 5.32 Å². The van der Waals surface area contributed by atoms with Crippen LogP contribution in [-0.4, -0.2) is 83.1 Å². The van der Waals surface area contributed by atoms with Crippen LogP contribution in [-0.2, 0) is 22.6 Å². The second kappa shape index (κ2) is 13.5. The first-order valence-electron chi connectivity index (χ1n) is 17.1. The molecule has 4 aliphatic rings. The highest BCUT2D eigenvalue weighted by Gasteiger charge is 2.61. The number of rotatable bonds is 10. The van der Waals surface area contributed by atoms with Gasteiger partial charge in [0.05, 0.1) is 12.2 Å². The van der Waals surface area contributed by atoms with Gasteiger partial charge in [0.1, 0.15) is 11.5 Å². The van der Waals surface area contributed by atoms with Crippen LogP contribution in [0.5, 0.6) is 0 Å². The number of hydrogen-bond acceptors (Lipinski definition) is 5. The highest BCUT2D eigenvalue weighted by molar-refractivity contribution is 6.05. The lowest BCUT2D eigenvalue weighted by Gasteiger charge is -2.47. The quantitative estimate of drug-likeness (QED) is 0.176. The van der Waals surface area contributed by atoms with E-state index >= 15 is 0 Å². The third-order valence-electron chi connectivity index (χ3n) is 11.0. The summed E-state index contributed by atoms with van der Waals surface area (Å²) in [6.45, 7) is 1.63. The normalized spacial score (nSPS) is 21.6. The summed E-state index contributed by atoms with van der Waals surface area (Å²) in [5.41, 5.74) is 0.409. The van der Waals surface area contributed by atoms with E-state index in [2.05, 4.69) is 16.3 Å². The van der Waals surface area contributed by atoms with Gasteiger partial charge in [0, 0.05) is 43.2 Å². The lowest BCUT2D eigenvalue weighted by molar-refractivity contribution is -0.233. The summed E-state index contributed by atoms with van der Waals surface area (Å²) in [6.07, 6.45) is -4.86. The van der Waals surface area contributed by atoms with E-state index in [1.165, 1.54) is 17.7 Å². The Kier molecular flexibility index (Phi) is 9.27. The van der Waals surface area contributed by atoms with E-state index in [9.17, 15) is 36.6 Å². The van der Waals surface area contributed by atoms with E-state index in [-0.39, 0.29) is 19.5 Å². The van der Waals surface area contributed by atoms with E-state index in [1.807, 2.05) is 48.7 Å². The number of benzene rings is 3. The largest absolute Gasteiger partial charge is 0.480 e. The predicted octanol–water partition coefficient (Wildman–Crippen LogP) is 6.92. The number of aliphatic carboxylic acids is 1. The molecule has 4 fully saturated rings. The van der Waals surface area contributed by atoms with Crippen molar-refractivity contribution in [2.75, 3.05) is 32.7 Å². The number of halogens is 5. The lowest BCUT2D eigenvalue weighted by Crippen LogP contribution is -2.59. The minimum Gasteiger partial charge on any atom is -0.480 e. The number of piperidine rings is 3. The van der Waals surface area contributed by atoms with Crippen molar-refractivity contribution in [1.29, 1.82) is 0 Å². The molecule has 2 N–H and O–H groups in total. The zero-order chi connectivity index (χ0) is 35.2. The number of aromatic nitrogens is 1.